The van der Waals surface area contributed by atoms with Crippen LogP contribution in [0, 0.1) is 5.92 Å². The molecule has 1 aliphatic rings. The van der Waals surface area contributed by atoms with E-state index in [0.29, 0.717) is 0 Å². The molecule has 0 radical (unpaired) electrons. The molecule has 1 fully saturated rings. The van der Waals surface area contributed by atoms with Crippen LogP contribution in [0.2, 0.25) is 0 Å². The van der Waals surface area contributed by atoms with Gasteiger partial charge in [-0.2, -0.15) is 11.3 Å². The predicted molar refractivity (Wildman–Crippen MR) is 66.1 cm³/mol. The molecule has 0 unspecified atom stereocenters. The highest BCUT2D eigenvalue weighted by Crippen LogP contribution is 2.20. The topological polar surface area (TPSA) is 3.24 Å². The summed E-state index contributed by atoms with van der Waals surface area (Å²) >= 11 is 5.37. The Bertz CT molecular complexity index is 252. The van der Waals surface area contributed by atoms with Gasteiger partial charge in [0, 0.05) is 11.9 Å². The third-order valence-electron chi connectivity index (χ3n) is 2.91. The van der Waals surface area contributed by atoms with Crippen molar-refractivity contribution in [1.29, 1.82) is 0 Å². The average molecular weight is 274 g/mol. The summed E-state index contributed by atoms with van der Waals surface area (Å²) in [5.74, 6) is 0.911. The monoisotopic (exact) mass is 273 g/mol. The Morgan fingerprint density at radius 3 is 2.79 bits per heavy atom. The van der Waals surface area contributed by atoms with Gasteiger partial charge in [0.2, 0.25) is 0 Å². The van der Waals surface area contributed by atoms with Crippen molar-refractivity contribution in [3.05, 3.63) is 22.4 Å². The number of hydrogen-bond acceptors (Lipinski definition) is 2. The zero-order chi connectivity index (χ0) is 9.80. The van der Waals surface area contributed by atoms with Crippen molar-refractivity contribution in [3.8, 4) is 0 Å². The first-order valence-electron chi connectivity index (χ1n) is 5.18. The van der Waals surface area contributed by atoms with Crippen LogP contribution in [0.15, 0.2) is 16.8 Å². The van der Waals surface area contributed by atoms with Crippen molar-refractivity contribution >= 4 is 27.3 Å². The van der Waals surface area contributed by atoms with E-state index in [0.717, 1.165) is 12.5 Å². The van der Waals surface area contributed by atoms with Crippen molar-refractivity contribution in [2.24, 2.45) is 5.92 Å². The molecule has 0 spiro atoms. The fraction of sp³-hybridized carbons (Fsp3) is 0.636. The molecule has 0 aromatic carbocycles. The molecule has 0 aliphatic carbocycles. The molecule has 2 rings (SSSR count). The third kappa shape index (κ3) is 2.81. The molecule has 0 bridgehead atoms. The van der Waals surface area contributed by atoms with E-state index >= 15 is 0 Å². The second-order valence-corrected chi connectivity index (χ2v) is 5.43. The van der Waals surface area contributed by atoms with Crippen molar-refractivity contribution in [1.82, 2.24) is 4.90 Å². The first-order valence-corrected chi connectivity index (χ1v) is 7.24. The highest BCUT2D eigenvalue weighted by molar-refractivity contribution is 9.09. The highest BCUT2D eigenvalue weighted by Gasteiger charge is 2.17. The Morgan fingerprint density at radius 1 is 1.43 bits per heavy atom. The molecule has 78 valence electrons. The van der Waals surface area contributed by atoms with Crippen LogP contribution < -0.4 is 0 Å². The summed E-state index contributed by atoms with van der Waals surface area (Å²) in [6.07, 6.45) is 2.71. The number of alkyl halides is 1. The van der Waals surface area contributed by atoms with Gasteiger partial charge in [-0.15, -0.1) is 0 Å². The molecule has 0 N–H and O–H groups in total. The summed E-state index contributed by atoms with van der Waals surface area (Å²) in [5, 5.41) is 5.61. The van der Waals surface area contributed by atoms with Gasteiger partial charge in [-0.3, -0.25) is 4.90 Å². The molecule has 3 heteroatoms. The molecule has 1 aromatic heterocycles. The highest BCUT2D eigenvalue weighted by atomic mass is 79.9. The Morgan fingerprint density at radius 2 is 2.21 bits per heavy atom. The standard InChI is InChI=1S/C11H16BrNS/c12-7-10-1-4-13(5-2-10)8-11-3-6-14-9-11/h3,6,9-10H,1-2,4-5,7-8H2. The molecule has 2 heterocycles. The van der Waals surface area contributed by atoms with E-state index in [9.17, 15) is 0 Å². The fourth-order valence-corrected chi connectivity index (χ4v) is 3.25. The van der Waals surface area contributed by atoms with Crippen LogP contribution in [0.1, 0.15) is 18.4 Å². The van der Waals surface area contributed by atoms with Crippen molar-refractivity contribution in [3.63, 3.8) is 0 Å². The van der Waals surface area contributed by atoms with Crippen LogP contribution in [-0.2, 0) is 6.54 Å². The first kappa shape index (κ1) is 10.7. The zero-order valence-corrected chi connectivity index (χ0v) is 10.7. The molecule has 1 nitrogen and oxygen atoms in total. The van der Waals surface area contributed by atoms with E-state index in [2.05, 4.69) is 37.7 Å². The van der Waals surface area contributed by atoms with Gasteiger partial charge in [0.05, 0.1) is 0 Å². The minimum Gasteiger partial charge on any atom is -0.299 e. The molecule has 1 aliphatic heterocycles. The number of rotatable bonds is 3. The Labute approximate surface area is 98.2 Å². The summed E-state index contributed by atoms with van der Waals surface area (Å²) < 4.78 is 0. The van der Waals surface area contributed by atoms with E-state index in [1.54, 1.807) is 11.3 Å². The van der Waals surface area contributed by atoms with Crippen molar-refractivity contribution in [2.75, 3.05) is 18.4 Å². The van der Waals surface area contributed by atoms with E-state index in [-0.39, 0.29) is 0 Å². The quantitative estimate of drug-likeness (QED) is 0.764. The molecule has 0 saturated carbocycles. The maximum Gasteiger partial charge on any atom is 0.0241 e. The van der Waals surface area contributed by atoms with Gasteiger partial charge < -0.3 is 0 Å². The lowest BCUT2D eigenvalue weighted by molar-refractivity contribution is 0.188. The zero-order valence-electron chi connectivity index (χ0n) is 8.29. The number of thiophene rings is 1. The van der Waals surface area contributed by atoms with Gasteiger partial charge in [0.25, 0.3) is 0 Å². The van der Waals surface area contributed by atoms with Gasteiger partial charge in [0.1, 0.15) is 0 Å². The van der Waals surface area contributed by atoms with E-state index < -0.39 is 0 Å². The smallest absolute Gasteiger partial charge is 0.0241 e. The molecule has 0 amide bonds. The van der Waals surface area contributed by atoms with Crippen LogP contribution in [0.3, 0.4) is 0 Å². The van der Waals surface area contributed by atoms with Crippen LogP contribution in [0.5, 0.6) is 0 Å². The molecular formula is C11H16BrNS. The normalized spacial score (nSPS) is 20.1. The van der Waals surface area contributed by atoms with Crippen molar-refractivity contribution < 1.29 is 0 Å². The van der Waals surface area contributed by atoms with Crippen LogP contribution in [-0.4, -0.2) is 23.3 Å². The van der Waals surface area contributed by atoms with Gasteiger partial charge >= 0.3 is 0 Å². The number of hydrogen-bond donors (Lipinski definition) is 0. The summed E-state index contributed by atoms with van der Waals surface area (Å²) in [5.41, 5.74) is 1.48. The maximum atomic E-state index is 3.57. The van der Waals surface area contributed by atoms with Gasteiger partial charge in [-0.05, 0) is 54.2 Å². The largest absolute Gasteiger partial charge is 0.299 e. The Kier molecular flexibility index (Phi) is 4.02. The number of piperidine rings is 1. The average Bonchev–Trinajstić information content (AvgIpc) is 2.72. The summed E-state index contributed by atoms with van der Waals surface area (Å²) in [7, 11) is 0. The summed E-state index contributed by atoms with van der Waals surface area (Å²) in [6, 6.07) is 2.24. The lowest BCUT2D eigenvalue weighted by atomic mass is 9.99. The minimum atomic E-state index is 0.911. The van der Waals surface area contributed by atoms with Gasteiger partial charge in [-0.1, -0.05) is 15.9 Å². The van der Waals surface area contributed by atoms with Gasteiger partial charge in [-0.25, -0.2) is 0 Å². The summed E-state index contributed by atoms with van der Waals surface area (Å²) in [4.78, 5) is 2.57. The molecule has 1 aromatic rings. The molecule has 14 heavy (non-hydrogen) atoms. The summed E-state index contributed by atoms with van der Waals surface area (Å²) in [6.45, 7) is 3.69. The van der Waals surface area contributed by atoms with Crippen LogP contribution in [0.25, 0.3) is 0 Å². The lowest BCUT2D eigenvalue weighted by Gasteiger charge is -2.30. The van der Waals surface area contributed by atoms with Gasteiger partial charge in [0.15, 0.2) is 0 Å². The van der Waals surface area contributed by atoms with Crippen molar-refractivity contribution in [2.45, 2.75) is 19.4 Å². The second-order valence-electron chi connectivity index (χ2n) is 4.01. The molecule has 0 atom stereocenters. The van der Waals surface area contributed by atoms with Crippen LogP contribution in [0.4, 0.5) is 0 Å². The fourth-order valence-electron chi connectivity index (χ4n) is 1.94. The second kappa shape index (κ2) is 5.29. The lowest BCUT2D eigenvalue weighted by Crippen LogP contribution is -2.33. The Balaban J connectivity index is 1.79. The first-order chi connectivity index (χ1) is 6.88. The number of likely N-dealkylation sites (tertiary alicyclic amines) is 1. The molecule has 1 saturated heterocycles. The van der Waals surface area contributed by atoms with E-state index in [1.807, 2.05) is 0 Å². The van der Waals surface area contributed by atoms with E-state index in [1.165, 1.54) is 36.8 Å². The number of nitrogens with zero attached hydrogens (tertiary/aromatic N) is 1. The van der Waals surface area contributed by atoms with E-state index in [4.69, 9.17) is 0 Å². The molecular weight excluding hydrogens is 258 g/mol. The van der Waals surface area contributed by atoms with Crippen LogP contribution >= 0.6 is 27.3 Å². The number of halogens is 1. The third-order valence-corrected chi connectivity index (χ3v) is 4.56. The SMILES string of the molecule is BrCC1CCN(Cc2ccsc2)CC1. The maximum absolute atomic E-state index is 3.57. The minimum absolute atomic E-state index is 0.911. The predicted octanol–water partition coefficient (Wildman–Crippen LogP) is 3.36. The Hall–Kier alpha value is 0.140.